The molecule has 2 aromatic heterocycles. The van der Waals surface area contributed by atoms with E-state index in [2.05, 4.69) is 10.3 Å². The Bertz CT molecular complexity index is 514. The standard InChI is InChI=1S/C12H12N2OS2/c15-11(13-5-8-1-2-8)10-6-14-12(17-10)9-3-4-16-7-9/h3-4,6-8H,1-2,5H2,(H,13,15). The first-order valence-corrected chi connectivity index (χ1v) is 7.35. The molecule has 3 nitrogen and oxygen atoms in total. The van der Waals surface area contributed by atoms with Gasteiger partial charge in [0, 0.05) is 17.5 Å². The zero-order valence-electron chi connectivity index (χ0n) is 9.18. The van der Waals surface area contributed by atoms with Gasteiger partial charge in [-0.2, -0.15) is 11.3 Å². The summed E-state index contributed by atoms with van der Waals surface area (Å²) in [6, 6.07) is 2.02. The van der Waals surface area contributed by atoms with Crippen LogP contribution in [0.3, 0.4) is 0 Å². The Morgan fingerprint density at radius 1 is 1.53 bits per heavy atom. The van der Waals surface area contributed by atoms with Crippen molar-refractivity contribution in [2.24, 2.45) is 5.92 Å². The third-order valence-electron chi connectivity index (χ3n) is 2.75. The van der Waals surface area contributed by atoms with Crippen LogP contribution in [0.1, 0.15) is 22.5 Å². The summed E-state index contributed by atoms with van der Waals surface area (Å²) >= 11 is 3.09. The molecule has 1 aliphatic carbocycles. The highest BCUT2D eigenvalue weighted by Crippen LogP contribution is 2.29. The molecule has 0 radical (unpaired) electrons. The maximum Gasteiger partial charge on any atom is 0.263 e. The van der Waals surface area contributed by atoms with E-state index in [1.54, 1.807) is 17.5 Å². The molecular weight excluding hydrogens is 252 g/mol. The van der Waals surface area contributed by atoms with Crippen molar-refractivity contribution >= 4 is 28.6 Å². The van der Waals surface area contributed by atoms with Crippen LogP contribution < -0.4 is 5.32 Å². The Labute approximate surface area is 108 Å². The molecule has 2 aromatic rings. The van der Waals surface area contributed by atoms with Gasteiger partial charge in [0.1, 0.15) is 9.88 Å². The van der Waals surface area contributed by atoms with Crippen LogP contribution in [0.25, 0.3) is 10.6 Å². The van der Waals surface area contributed by atoms with E-state index in [1.165, 1.54) is 24.2 Å². The van der Waals surface area contributed by atoms with Crippen molar-refractivity contribution in [1.29, 1.82) is 0 Å². The van der Waals surface area contributed by atoms with E-state index in [-0.39, 0.29) is 5.91 Å². The van der Waals surface area contributed by atoms with Gasteiger partial charge in [0.25, 0.3) is 5.91 Å². The second-order valence-corrected chi connectivity index (χ2v) is 6.01. The molecule has 0 unspecified atom stereocenters. The SMILES string of the molecule is O=C(NCC1CC1)c1cnc(-c2ccsc2)s1. The molecular formula is C12H12N2OS2. The van der Waals surface area contributed by atoms with Crippen molar-refractivity contribution in [3.8, 4) is 10.6 Å². The minimum absolute atomic E-state index is 0.0101. The van der Waals surface area contributed by atoms with Crippen LogP contribution in [0.5, 0.6) is 0 Å². The lowest BCUT2D eigenvalue weighted by atomic mass is 10.4. The number of hydrogen-bond acceptors (Lipinski definition) is 4. The van der Waals surface area contributed by atoms with Crippen LogP contribution >= 0.6 is 22.7 Å². The van der Waals surface area contributed by atoms with Gasteiger partial charge in [-0.25, -0.2) is 4.98 Å². The largest absolute Gasteiger partial charge is 0.351 e. The van der Waals surface area contributed by atoms with Crippen LogP contribution in [0.15, 0.2) is 23.0 Å². The summed E-state index contributed by atoms with van der Waals surface area (Å²) < 4.78 is 0. The zero-order chi connectivity index (χ0) is 11.7. The second-order valence-electron chi connectivity index (χ2n) is 4.20. The van der Waals surface area contributed by atoms with Crippen LogP contribution in [-0.2, 0) is 0 Å². The Balaban J connectivity index is 1.68. The van der Waals surface area contributed by atoms with E-state index in [9.17, 15) is 4.79 Å². The smallest absolute Gasteiger partial charge is 0.263 e. The number of carbonyl (C=O) groups excluding carboxylic acids is 1. The molecule has 0 aromatic carbocycles. The number of carbonyl (C=O) groups is 1. The van der Waals surface area contributed by atoms with Gasteiger partial charge in [-0.3, -0.25) is 4.79 Å². The molecule has 0 atom stereocenters. The maximum absolute atomic E-state index is 11.8. The van der Waals surface area contributed by atoms with E-state index in [1.807, 2.05) is 16.8 Å². The van der Waals surface area contributed by atoms with Crippen molar-refractivity contribution in [2.45, 2.75) is 12.8 Å². The average molecular weight is 264 g/mol. The van der Waals surface area contributed by atoms with Crippen molar-refractivity contribution < 1.29 is 4.79 Å². The molecule has 0 saturated heterocycles. The normalized spacial score (nSPS) is 14.8. The average Bonchev–Trinajstić information content (AvgIpc) is 2.85. The van der Waals surface area contributed by atoms with Gasteiger partial charge in [0.15, 0.2) is 0 Å². The Morgan fingerprint density at radius 3 is 3.12 bits per heavy atom. The minimum Gasteiger partial charge on any atom is -0.351 e. The van der Waals surface area contributed by atoms with Gasteiger partial charge in [-0.1, -0.05) is 0 Å². The van der Waals surface area contributed by atoms with Crippen LogP contribution in [-0.4, -0.2) is 17.4 Å². The van der Waals surface area contributed by atoms with Gasteiger partial charge in [-0.15, -0.1) is 11.3 Å². The first kappa shape index (κ1) is 10.9. The molecule has 1 aliphatic rings. The highest BCUT2D eigenvalue weighted by atomic mass is 32.1. The van der Waals surface area contributed by atoms with E-state index < -0.39 is 0 Å². The summed E-state index contributed by atoms with van der Waals surface area (Å²) in [4.78, 5) is 16.8. The predicted octanol–water partition coefficient (Wildman–Crippen LogP) is 3.01. The van der Waals surface area contributed by atoms with Gasteiger partial charge in [-0.05, 0) is 30.2 Å². The van der Waals surface area contributed by atoms with E-state index in [4.69, 9.17) is 0 Å². The van der Waals surface area contributed by atoms with Gasteiger partial charge < -0.3 is 5.32 Å². The molecule has 88 valence electrons. The Hall–Kier alpha value is -1.20. The van der Waals surface area contributed by atoms with Crippen molar-refractivity contribution in [3.63, 3.8) is 0 Å². The van der Waals surface area contributed by atoms with Crippen molar-refractivity contribution in [1.82, 2.24) is 10.3 Å². The van der Waals surface area contributed by atoms with Crippen molar-refractivity contribution in [3.05, 3.63) is 27.9 Å². The summed E-state index contributed by atoms with van der Waals surface area (Å²) in [5, 5.41) is 7.94. The number of thiophene rings is 1. The van der Waals surface area contributed by atoms with Gasteiger partial charge >= 0.3 is 0 Å². The number of aromatic nitrogens is 1. The van der Waals surface area contributed by atoms with E-state index >= 15 is 0 Å². The van der Waals surface area contributed by atoms with E-state index in [0.29, 0.717) is 10.8 Å². The van der Waals surface area contributed by atoms with Crippen LogP contribution in [0, 0.1) is 5.92 Å². The minimum atomic E-state index is 0.0101. The summed E-state index contributed by atoms with van der Waals surface area (Å²) in [6.45, 7) is 0.810. The van der Waals surface area contributed by atoms with Crippen molar-refractivity contribution in [2.75, 3.05) is 6.54 Å². The lowest BCUT2D eigenvalue weighted by molar-refractivity contribution is 0.0955. The Morgan fingerprint density at radius 2 is 2.41 bits per heavy atom. The first-order chi connectivity index (χ1) is 8.33. The topological polar surface area (TPSA) is 42.0 Å². The number of nitrogens with one attached hydrogen (secondary N) is 1. The fourth-order valence-corrected chi connectivity index (χ4v) is 3.09. The maximum atomic E-state index is 11.8. The summed E-state index contributed by atoms with van der Waals surface area (Å²) in [6.07, 6.45) is 4.17. The van der Waals surface area contributed by atoms with Crippen LogP contribution in [0.2, 0.25) is 0 Å². The number of hydrogen-bond donors (Lipinski definition) is 1. The molecule has 17 heavy (non-hydrogen) atoms. The molecule has 3 rings (SSSR count). The highest BCUT2D eigenvalue weighted by molar-refractivity contribution is 7.17. The molecule has 5 heteroatoms. The van der Waals surface area contributed by atoms with Gasteiger partial charge in [0.05, 0.1) is 6.20 Å². The number of amides is 1. The van der Waals surface area contributed by atoms with Crippen LogP contribution in [0.4, 0.5) is 0 Å². The molecule has 2 heterocycles. The molecule has 1 fully saturated rings. The van der Waals surface area contributed by atoms with Gasteiger partial charge in [0.2, 0.25) is 0 Å². The monoisotopic (exact) mass is 264 g/mol. The molecule has 1 N–H and O–H groups in total. The zero-order valence-corrected chi connectivity index (χ0v) is 10.8. The second kappa shape index (κ2) is 4.58. The molecule has 1 amide bonds. The summed E-state index contributed by atoms with van der Waals surface area (Å²) in [7, 11) is 0. The fraction of sp³-hybridized carbons (Fsp3) is 0.333. The summed E-state index contributed by atoms with van der Waals surface area (Å²) in [5.41, 5.74) is 1.10. The van der Waals surface area contributed by atoms with E-state index in [0.717, 1.165) is 17.1 Å². The molecule has 0 bridgehead atoms. The number of thiazole rings is 1. The lowest BCUT2D eigenvalue weighted by Crippen LogP contribution is -2.24. The third kappa shape index (κ3) is 2.56. The fourth-order valence-electron chi connectivity index (χ4n) is 1.54. The number of nitrogens with zero attached hydrogens (tertiary/aromatic N) is 1. The number of rotatable bonds is 4. The predicted molar refractivity (Wildman–Crippen MR) is 70.5 cm³/mol. The quantitative estimate of drug-likeness (QED) is 0.922. The highest BCUT2D eigenvalue weighted by Gasteiger charge is 2.22. The lowest BCUT2D eigenvalue weighted by Gasteiger charge is -1.99. The molecule has 1 saturated carbocycles. The molecule has 0 aliphatic heterocycles. The summed E-state index contributed by atoms with van der Waals surface area (Å²) in [5.74, 6) is 0.721. The Kier molecular flexibility index (Phi) is 2.94. The molecule has 0 spiro atoms. The third-order valence-corrected chi connectivity index (χ3v) is 4.47. The first-order valence-electron chi connectivity index (χ1n) is 5.59.